The summed E-state index contributed by atoms with van der Waals surface area (Å²) in [5, 5.41) is 0.439. The molecule has 108 valence electrons. The number of ether oxygens (including phenoxy) is 4. The van der Waals surface area contributed by atoms with E-state index in [9.17, 15) is 4.79 Å². The van der Waals surface area contributed by atoms with Crippen molar-refractivity contribution < 1.29 is 23.7 Å². The van der Waals surface area contributed by atoms with Crippen LogP contribution in [0.2, 0.25) is 5.02 Å². The fourth-order valence-corrected chi connectivity index (χ4v) is 2.50. The zero-order valence-electron chi connectivity index (χ0n) is 11.4. The minimum absolute atomic E-state index is 0.318. The first-order valence-corrected chi connectivity index (χ1v) is 6.28. The lowest BCUT2D eigenvalue weighted by Crippen LogP contribution is -2.45. The Bertz CT molecular complexity index is 536. The molecule has 1 aromatic carbocycles. The Morgan fingerprint density at radius 2 is 1.85 bits per heavy atom. The lowest BCUT2D eigenvalue weighted by Gasteiger charge is -2.36. The Hall–Kier alpha value is -1.56. The predicted molar refractivity (Wildman–Crippen MR) is 72.1 cm³/mol. The van der Waals surface area contributed by atoms with Crippen LogP contribution in [0.1, 0.15) is 5.56 Å². The molecule has 0 amide bonds. The van der Waals surface area contributed by atoms with Gasteiger partial charge >= 0.3 is 5.97 Å². The normalized spacial score (nSPS) is 18.7. The SMILES string of the molecule is COC1=CC(=O)OC1C(OC)(OC)c1ccccc1Cl. The molecule has 1 aliphatic rings. The standard InChI is InChI=1S/C14H15ClO5/c1-17-11-8-12(16)20-13(11)14(18-2,19-3)9-6-4-5-7-10(9)15/h4-8,13H,1-3H3. The summed E-state index contributed by atoms with van der Waals surface area (Å²) in [6, 6.07) is 7.03. The summed E-state index contributed by atoms with van der Waals surface area (Å²) < 4.78 is 21.5. The largest absolute Gasteiger partial charge is 0.497 e. The monoisotopic (exact) mass is 298 g/mol. The van der Waals surface area contributed by atoms with Gasteiger partial charge in [-0.3, -0.25) is 0 Å². The highest BCUT2D eigenvalue weighted by Crippen LogP contribution is 2.40. The van der Waals surface area contributed by atoms with E-state index in [0.29, 0.717) is 16.3 Å². The molecule has 20 heavy (non-hydrogen) atoms. The van der Waals surface area contributed by atoms with E-state index >= 15 is 0 Å². The van der Waals surface area contributed by atoms with Crippen LogP contribution in [-0.2, 0) is 29.5 Å². The Morgan fingerprint density at radius 3 is 2.40 bits per heavy atom. The van der Waals surface area contributed by atoms with Crippen LogP contribution in [0.15, 0.2) is 36.1 Å². The van der Waals surface area contributed by atoms with Gasteiger partial charge < -0.3 is 18.9 Å². The molecule has 0 saturated heterocycles. The molecular weight excluding hydrogens is 284 g/mol. The van der Waals surface area contributed by atoms with Gasteiger partial charge in [-0.15, -0.1) is 0 Å². The molecule has 2 rings (SSSR count). The van der Waals surface area contributed by atoms with Gasteiger partial charge in [0.2, 0.25) is 11.9 Å². The number of cyclic esters (lactones) is 1. The van der Waals surface area contributed by atoms with Crippen molar-refractivity contribution in [3.8, 4) is 0 Å². The molecule has 1 aliphatic heterocycles. The van der Waals surface area contributed by atoms with Crippen LogP contribution in [0, 0.1) is 0 Å². The van der Waals surface area contributed by atoms with Gasteiger partial charge in [0.25, 0.3) is 0 Å². The summed E-state index contributed by atoms with van der Waals surface area (Å²) in [4.78, 5) is 11.5. The zero-order valence-corrected chi connectivity index (χ0v) is 12.1. The summed E-state index contributed by atoms with van der Waals surface area (Å²) in [6.07, 6.45) is 0.392. The van der Waals surface area contributed by atoms with Crippen LogP contribution in [0.5, 0.6) is 0 Å². The lowest BCUT2D eigenvalue weighted by molar-refractivity contribution is -0.266. The number of rotatable bonds is 5. The van der Waals surface area contributed by atoms with Crippen molar-refractivity contribution in [3.63, 3.8) is 0 Å². The van der Waals surface area contributed by atoms with E-state index in [-0.39, 0.29) is 0 Å². The highest BCUT2D eigenvalue weighted by atomic mass is 35.5. The van der Waals surface area contributed by atoms with E-state index in [2.05, 4.69) is 0 Å². The molecule has 0 aliphatic carbocycles. The average molecular weight is 299 g/mol. The first-order valence-electron chi connectivity index (χ1n) is 5.90. The van der Waals surface area contributed by atoms with Gasteiger partial charge in [0.05, 0.1) is 13.2 Å². The fraction of sp³-hybridized carbons (Fsp3) is 0.357. The second-order valence-corrected chi connectivity index (χ2v) is 4.53. The van der Waals surface area contributed by atoms with Crippen LogP contribution in [0.4, 0.5) is 0 Å². The van der Waals surface area contributed by atoms with Gasteiger partial charge in [-0.25, -0.2) is 4.79 Å². The highest BCUT2D eigenvalue weighted by molar-refractivity contribution is 6.31. The molecule has 1 atom stereocenters. The number of hydrogen-bond donors (Lipinski definition) is 0. The number of benzene rings is 1. The van der Waals surface area contributed by atoms with E-state index in [1.54, 1.807) is 24.3 Å². The molecule has 0 N–H and O–H groups in total. The van der Waals surface area contributed by atoms with Crippen LogP contribution >= 0.6 is 11.6 Å². The summed E-state index contributed by atoms with van der Waals surface area (Å²) in [5.41, 5.74) is 0.550. The number of halogens is 1. The molecule has 0 radical (unpaired) electrons. The van der Waals surface area contributed by atoms with E-state index < -0.39 is 17.9 Å². The fourth-order valence-electron chi connectivity index (χ4n) is 2.23. The molecule has 1 aromatic rings. The molecule has 0 bridgehead atoms. The van der Waals surface area contributed by atoms with Gasteiger partial charge in [0.1, 0.15) is 5.76 Å². The minimum Gasteiger partial charge on any atom is -0.497 e. The molecular formula is C14H15ClO5. The van der Waals surface area contributed by atoms with Gasteiger partial charge in [0, 0.05) is 24.8 Å². The number of carbonyl (C=O) groups is 1. The van der Waals surface area contributed by atoms with E-state index in [1.165, 1.54) is 27.4 Å². The van der Waals surface area contributed by atoms with Crippen molar-refractivity contribution in [2.75, 3.05) is 21.3 Å². The summed E-state index contributed by atoms with van der Waals surface area (Å²) >= 11 is 6.21. The van der Waals surface area contributed by atoms with Crippen molar-refractivity contribution in [2.24, 2.45) is 0 Å². The topological polar surface area (TPSA) is 54.0 Å². The van der Waals surface area contributed by atoms with Crippen molar-refractivity contribution >= 4 is 17.6 Å². The Kier molecular flexibility index (Phi) is 4.32. The van der Waals surface area contributed by atoms with Gasteiger partial charge in [0.15, 0.2) is 0 Å². The Balaban J connectivity index is 2.54. The first kappa shape index (κ1) is 14.8. The highest BCUT2D eigenvalue weighted by Gasteiger charge is 2.50. The maximum Gasteiger partial charge on any atom is 0.335 e. The smallest absolute Gasteiger partial charge is 0.335 e. The summed E-state index contributed by atoms with van der Waals surface area (Å²) in [5.74, 6) is -1.57. The van der Waals surface area contributed by atoms with Gasteiger partial charge in [-0.2, -0.15) is 0 Å². The minimum atomic E-state index is -1.37. The first-order chi connectivity index (χ1) is 9.58. The lowest BCUT2D eigenvalue weighted by atomic mass is 9.98. The zero-order chi connectivity index (χ0) is 14.8. The van der Waals surface area contributed by atoms with Crippen molar-refractivity contribution in [1.82, 2.24) is 0 Å². The number of hydrogen-bond acceptors (Lipinski definition) is 5. The number of carbonyl (C=O) groups excluding carboxylic acids is 1. The molecule has 6 heteroatoms. The second-order valence-electron chi connectivity index (χ2n) is 4.12. The van der Waals surface area contributed by atoms with Crippen LogP contribution in [0.3, 0.4) is 0 Å². The van der Waals surface area contributed by atoms with Crippen LogP contribution in [0.25, 0.3) is 0 Å². The number of methoxy groups -OCH3 is 3. The van der Waals surface area contributed by atoms with E-state index in [4.69, 9.17) is 30.5 Å². The summed E-state index contributed by atoms with van der Waals surface area (Å²) in [6.45, 7) is 0. The molecule has 1 heterocycles. The van der Waals surface area contributed by atoms with Crippen molar-refractivity contribution in [3.05, 3.63) is 46.7 Å². The second kappa shape index (κ2) is 5.83. The van der Waals surface area contributed by atoms with Crippen molar-refractivity contribution in [1.29, 1.82) is 0 Å². The molecule has 0 saturated carbocycles. The molecule has 0 aromatic heterocycles. The molecule has 0 spiro atoms. The van der Waals surface area contributed by atoms with E-state index in [0.717, 1.165) is 0 Å². The van der Waals surface area contributed by atoms with Gasteiger partial charge in [-0.05, 0) is 6.07 Å². The van der Waals surface area contributed by atoms with Crippen molar-refractivity contribution in [2.45, 2.75) is 11.9 Å². The number of esters is 1. The maximum atomic E-state index is 11.5. The third-order valence-corrected chi connectivity index (χ3v) is 3.52. The van der Waals surface area contributed by atoms with Crippen LogP contribution < -0.4 is 0 Å². The Morgan fingerprint density at radius 1 is 1.20 bits per heavy atom. The third kappa shape index (κ3) is 2.28. The molecule has 0 fully saturated rings. The average Bonchev–Trinajstić information content (AvgIpc) is 2.84. The molecule has 1 unspecified atom stereocenters. The summed E-state index contributed by atoms with van der Waals surface area (Å²) in [7, 11) is 4.35. The Labute approximate surface area is 122 Å². The third-order valence-electron chi connectivity index (χ3n) is 3.19. The van der Waals surface area contributed by atoms with Gasteiger partial charge in [-0.1, -0.05) is 29.8 Å². The van der Waals surface area contributed by atoms with E-state index in [1.807, 2.05) is 0 Å². The predicted octanol–water partition coefficient (Wildman–Crippen LogP) is 2.24. The maximum absolute atomic E-state index is 11.5. The molecule has 5 nitrogen and oxygen atoms in total. The van der Waals surface area contributed by atoms with Crippen LogP contribution in [-0.4, -0.2) is 33.4 Å². The quantitative estimate of drug-likeness (QED) is 0.616.